The Morgan fingerprint density at radius 3 is 1.74 bits per heavy atom. The molecule has 0 saturated heterocycles. The molecule has 0 aliphatic rings. The van der Waals surface area contributed by atoms with Crippen LogP contribution in [0.4, 0.5) is 0 Å². The molecule has 43 heavy (non-hydrogen) atoms. The minimum atomic E-state index is -0.183. The largest absolute Gasteiger partial charge is 0.455 e. The normalized spacial score (nSPS) is 13.0. The molecule has 0 amide bonds. The van der Waals surface area contributed by atoms with Crippen LogP contribution in [0, 0.1) is 0 Å². The molecule has 0 spiro atoms. The Morgan fingerprint density at radius 1 is 0.419 bits per heavy atom. The van der Waals surface area contributed by atoms with E-state index in [0.717, 1.165) is 70.9 Å². The molecule has 200 valence electrons. The van der Waals surface area contributed by atoms with Crippen LogP contribution in [0.2, 0.25) is 0 Å². The van der Waals surface area contributed by atoms with E-state index in [4.69, 9.17) is 8.53 Å². The zero-order chi connectivity index (χ0) is 31.8. The number of fused-ring (bicyclic) bond motifs is 7. The Balaban J connectivity index is 1.38. The van der Waals surface area contributed by atoms with E-state index in [9.17, 15) is 1.37 Å². The highest BCUT2D eigenvalue weighted by Gasteiger charge is 2.18. The molecule has 0 atom stereocenters. The summed E-state index contributed by atoms with van der Waals surface area (Å²) in [5, 5.41) is 8.09. The zero-order valence-electron chi connectivity index (χ0n) is 27.1. The van der Waals surface area contributed by atoms with Crippen LogP contribution in [0.1, 0.15) is 5.48 Å². The zero-order valence-corrected chi connectivity index (χ0v) is 23.1. The molecule has 1 nitrogen and oxygen atoms in total. The van der Waals surface area contributed by atoms with Crippen molar-refractivity contribution < 1.29 is 9.90 Å². The summed E-state index contributed by atoms with van der Waals surface area (Å²) < 4.78 is 42.6. The van der Waals surface area contributed by atoms with Crippen LogP contribution in [-0.2, 0) is 0 Å². The first-order valence-corrected chi connectivity index (χ1v) is 14.4. The summed E-state index contributed by atoms with van der Waals surface area (Å²) in [5.41, 5.74) is 5.96. The van der Waals surface area contributed by atoms with Crippen molar-refractivity contribution in [3.8, 4) is 33.4 Å². The van der Waals surface area contributed by atoms with E-state index in [2.05, 4.69) is 48.5 Å². The maximum atomic E-state index is 9.44. The summed E-state index contributed by atoms with van der Waals surface area (Å²) >= 11 is 0. The molecule has 0 bridgehead atoms. The van der Waals surface area contributed by atoms with Gasteiger partial charge in [0.1, 0.15) is 11.2 Å². The van der Waals surface area contributed by atoms with Gasteiger partial charge >= 0.3 is 0 Å². The minimum absolute atomic E-state index is 0.0868. The number of hydrogen-bond acceptors (Lipinski definition) is 1. The van der Waals surface area contributed by atoms with Crippen molar-refractivity contribution in [2.24, 2.45) is 0 Å². The van der Waals surface area contributed by atoms with E-state index < -0.39 is 0 Å². The average Bonchev–Trinajstić information content (AvgIpc) is 3.49. The van der Waals surface area contributed by atoms with Gasteiger partial charge in [0.05, 0.1) is 5.48 Å². The molecule has 1 heteroatoms. The second kappa shape index (κ2) is 9.44. The summed E-state index contributed by atoms with van der Waals surface area (Å²) in [6, 6.07) is 44.2. The molecule has 1 heterocycles. The van der Waals surface area contributed by atoms with Crippen LogP contribution >= 0.6 is 0 Å². The Morgan fingerprint density at radius 2 is 1.02 bits per heavy atom. The number of rotatable bonds is 3. The standard InChI is InChI=1S/C42H26O/c1-2-11-27(12-3-1)29-14-10-15-30(25-29)40-33-17-6-8-19-35(33)41(36-20-9-7-18-34(36)40)31-22-24-39-38(26-31)37-23-21-28-13-4-5-16-32(28)42(37)43-39/h1-26H/i10D,14D,15D,25D. The van der Waals surface area contributed by atoms with E-state index in [-0.39, 0.29) is 24.2 Å². The quantitative estimate of drug-likeness (QED) is 0.199. The highest BCUT2D eigenvalue weighted by molar-refractivity contribution is 6.23. The smallest absolute Gasteiger partial charge is 0.143 e. The van der Waals surface area contributed by atoms with Crippen molar-refractivity contribution in [1.82, 2.24) is 0 Å². The third-order valence-corrected chi connectivity index (χ3v) is 8.52. The minimum Gasteiger partial charge on any atom is -0.455 e. The predicted octanol–water partition coefficient (Wildman–Crippen LogP) is 12.0. The van der Waals surface area contributed by atoms with E-state index in [1.165, 1.54) is 0 Å². The third-order valence-electron chi connectivity index (χ3n) is 8.52. The third kappa shape index (κ3) is 3.72. The van der Waals surface area contributed by atoms with Gasteiger partial charge in [-0.3, -0.25) is 0 Å². The molecule has 9 rings (SSSR count). The molecule has 9 aromatic rings. The van der Waals surface area contributed by atoms with Gasteiger partial charge in [-0.2, -0.15) is 0 Å². The van der Waals surface area contributed by atoms with Gasteiger partial charge in [-0.25, -0.2) is 0 Å². The van der Waals surface area contributed by atoms with Crippen LogP contribution in [0.5, 0.6) is 0 Å². The fourth-order valence-corrected chi connectivity index (χ4v) is 6.59. The second-order valence-corrected chi connectivity index (χ2v) is 10.9. The first-order valence-electron chi connectivity index (χ1n) is 16.4. The van der Waals surface area contributed by atoms with Crippen molar-refractivity contribution in [3.63, 3.8) is 0 Å². The number of benzene rings is 8. The fraction of sp³-hybridized carbons (Fsp3) is 0. The summed E-state index contributed by atoms with van der Waals surface area (Å²) in [6.07, 6.45) is 0. The van der Waals surface area contributed by atoms with Gasteiger partial charge in [0, 0.05) is 16.2 Å². The topological polar surface area (TPSA) is 13.1 Å². The lowest BCUT2D eigenvalue weighted by molar-refractivity contribution is 0.672. The maximum absolute atomic E-state index is 9.44. The molecule has 0 N–H and O–H groups in total. The molecule has 0 unspecified atom stereocenters. The lowest BCUT2D eigenvalue weighted by atomic mass is 9.85. The molecule has 0 radical (unpaired) electrons. The van der Waals surface area contributed by atoms with Crippen molar-refractivity contribution in [3.05, 3.63) is 158 Å². The Kier molecular flexibility index (Phi) is 4.45. The summed E-state index contributed by atoms with van der Waals surface area (Å²) in [4.78, 5) is 0. The van der Waals surface area contributed by atoms with Gasteiger partial charge in [0.25, 0.3) is 0 Å². The van der Waals surface area contributed by atoms with Crippen LogP contribution in [-0.4, -0.2) is 0 Å². The Labute approximate surface area is 254 Å². The average molecular weight is 551 g/mol. The van der Waals surface area contributed by atoms with Gasteiger partial charge < -0.3 is 4.42 Å². The van der Waals surface area contributed by atoms with E-state index in [0.29, 0.717) is 16.7 Å². The van der Waals surface area contributed by atoms with Crippen LogP contribution in [0.15, 0.2) is 162 Å². The molecule has 0 fully saturated rings. The molecule has 8 aromatic carbocycles. The number of furan rings is 1. The summed E-state index contributed by atoms with van der Waals surface area (Å²) in [7, 11) is 0. The lowest BCUT2D eigenvalue weighted by Crippen LogP contribution is -1.91. The van der Waals surface area contributed by atoms with Crippen LogP contribution < -0.4 is 0 Å². The van der Waals surface area contributed by atoms with Crippen molar-refractivity contribution in [2.45, 2.75) is 0 Å². The van der Waals surface area contributed by atoms with Crippen molar-refractivity contribution in [1.29, 1.82) is 0 Å². The van der Waals surface area contributed by atoms with Gasteiger partial charge in [-0.1, -0.05) is 133 Å². The highest BCUT2D eigenvalue weighted by Crippen LogP contribution is 2.45. The van der Waals surface area contributed by atoms with E-state index >= 15 is 0 Å². The lowest BCUT2D eigenvalue weighted by Gasteiger charge is -2.18. The molecule has 1 aromatic heterocycles. The number of hydrogen-bond donors (Lipinski definition) is 0. The Bertz CT molecular complexity index is 2670. The van der Waals surface area contributed by atoms with E-state index in [1.807, 2.05) is 84.9 Å². The molecule has 0 aliphatic carbocycles. The molecular formula is C42H26O. The van der Waals surface area contributed by atoms with Crippen LogP contribution in [0.25, 0.3) is 87.6 Å². The summed E-state index contributed by atoms with van der Waals surface area (Å²) in [6.45, 7) is 0. The first kappa shape index (κ1) is 20.3. The van der Waals surface area contributed by atoms with Gasteiger partial charge in [-0.05, 0) is 84.6 Å². The van der Waals surface area contributed by atoms with Gasteiger partial charge in [0.15, 0.2) is 0 Å². The van der Waals surface area contributed by atoms with Crippen molar-refractivity contribution in [2.75, 3.05) is 0 Å². The maximum Gasteiger partial charge on any atom is 0.143 e. The van der Waals surface area contributed by atoms with Gasteiger partial charge in [-0.15, -0.1) is 0 Å². The van der Waals surface area contributed by atoms with Gasteiger partial charge in [0.2, 0.25) is 0 Å². The van der Waals surface area contributed by atoms with Crippen LogP contribution in [0.3, 0.4) is 0 Å². The Hall–Kier alpha value is -5.66. The highest BCUT2D eigenvalue weighted by atomic mass is 16.3. The monoisotopic (exact) mass is 550 g/mol. The molecule has 0 aliphatic heterocycles. The molecule has 0 saturated carbocycles. The fourth-order valence-electron chi connectivity index (χ4n) is 6.59. The van der Waals surface area contributed by atoms with E-state index in [1.54, 1.807) is 0 Å². The summed E-state index contributed by atoms with van der Waals surface area (Å²) in [5.74, 6) is 0. The predicted molar refractivity (Wildman–Crippen MR) is 183 cm³/mol. The second-order valence-electron chi connectivity index (χ2n) is 10.9. The SMILES string of the molecule is [2H]c1c([2H])c(-c2ccccc2)c([2H])c(-c2c3ccccc3c(-c3ccc4oc5c6ccccc6ccc5c4c3)c3ccccc23)c1[2H]. The first-order chi connectivity index (χ1) is 23.0. The van der Waals surface area contributed by atoms with Crippen molar-refractivity contribution >= 4 is 54.3 Å². The molecular weight excluding hydrogens is 520 g/mol.